The molecule has 0 bridgehead atoms. The first kappa shape index (κ1) is 16.4. The lowest BCUT2D eigenvalue weighted by Gasteiger charge is -2.09. The topological polar surface area (TPSA) is 58.2 Å². The van der Waals surface area contributed by atoms with Crippen LogP contribution in [-0.4, -0.2) is 11.8 Å². The molecule has 4 nitrogen and oxygen atoms in total. The molecular formula is C19H15IN2O2. The van der Waals surface area contributed by atoms with Gasteiger partial charge in [-0.2, -0.15) is 0 Å². The average molecular weight is 430 g/mol. The number of carbonyl (C=O) groups is 2. The van der Waals surface area contributed by atoms with Crippen molar-refractivity contribution in [2.75, 3.05) is 10.6 Å². The summed E-state index contributed by atoms with van der Waals surface area (Å²) in [5.41, 5.74) is 2.14. The van der Waals surface area contributed by atoms with Crippen LogP contribution in [0, 0.1) is 10.5 Å². The number of hydrogen-bond donors (Lipinski definition) is 2. The second kappa shape index (κ2) is 7.00. The Morgan fingerprint density at radius 2 is 1.54 bits per heavy atom. The first-order valence-electron chi connectivity index (χ1n) is 7.40. The molecule has 0 unspecified atom stereocenters. The first-order chi connectivity index (χ1) is 11.5. The third kappa shape index (κ3) is 3.73. The van der Waals surface area contributed by atoms with Gasteiger partial charge in [0.25, 0.3) is 0 Å². The van der Waals surface area contributed by atoms with Crippen LogP contribution in [0.1, 0.15) is 5.56 Å². The van der Waals surface area contributed by atoms with E-state index in [0.717, 1.165) is 19.9 Å². The molecule has 0 aromatic heterocycles. The van der Waals surface area contributed by atoms with Gasteiger partial charge < -0.3 is 10.6 Å². The number of amides is 2. The molecule has 0 aliphatic heterocycles. The van der Waals surface area contributed by atoms with E-state index in [4.69, 9.17) is 0 Å². The summed E-state index contributed by atoms with van der Waals surface area (Å²) >= 11 is 2.20. The molecule has 0 aliphatic carbocycles. The zero-order valence-electron chi connectivity index (χ0n) is 13.0. The Balaban J connectivity index is 1.72. The molecule has 3 aromatic rings. The maximum Gasteiger partial charge on any atom is 0.314 e. The van der Waals surface area contributed by atoms with Gasteiger partial charge in [-0.3, -0.25) is 9.59 Å². The van der Waals surface area contributed by atoms with Gasteiger partial charge in [0.1, 0.15) is 0 Å². The van der Waals surface area contributed by atoms with Crippen LogP contribution in [0.15, 0.2) is 60.7 Å². The van der Waals surface area contributed by atoms with Crippen LogP contribution in [0.3, 0.4) is 0 Å². The zero-order valence-corrected chi connectivity index (χ0v) is 15.1. The summed E-state index contributed by atoms with van der Waals surface area (Å²) in [6.45, 7) is 1.89. The SMILES string of the molecule is Cc1cc(I)ccc1NC(=O)C(=O)Nc1ccc2ccccc2c1. The van der Waals surface area contributed by atoms with Crippen LogP contribution in [0.2, 0.25) is 0 Å². The van der Waals surface area contributed by atoms with Crippen LogP contribution >= 0.6 is 22.6 Å². The Morgan fingerprint density at radius 3 is 2.29 bits per heavy atom. The Hall–Kier alpha value is -2.41. The molecule has 3 rings (SSSR count). The molecule has 0 saturated heterocycles. The fourth-order valence-corrected chi connectivity index (χ4v) is 3.05. The molecule has 2 amide bonds. The number of aryl methyl sites for hydroxylation is 1. The fourth-order valence-electron chi connectivity index (χ4n) is 2.40. The third-order valence-electron chi connectivity index (χ3n) is 3.65. The molecular weight excluding hydrogens is 415 g/mol. The lowest BCUT2D eigenvalue weighted by atomic mass is 10.1. The number of hydrogen-bond acceptors (Lipinski definition) is 2. The highest BCUT2D eigenvalue weighted by Crippen LogP contribution is 2.20. The van der Waals surface area contributed by atoms with Gasteiger partial charge >= 0.3 is 11.8 Å². The molecule has 0 saturated carbocycles. The highest BCUT2D eigenvalue weighted by molar-refractivity contribution is 14.1. The van der Waals surface area contributed by atoms with Crippen molar-refractivity contribution in [3.05, 3.63) is 69.8 Å². The normalized spacial score (nSPS) is 10.4. The number of nitrogens with one attached hydrogen (secondary N) is 2. The standard InChI is InChI=1S/C19H15IN2O2/c1-12-10-15(20)7-9-17(12)22-19(24)18(23)21-16-8-6-13-4-2-3-5-14(13)11-16/h2-11H,1H3,(H,21,23)(H,22,24). The zero-order chi connectivity index (χ0) is 17.1. The van der Waals surface area contributed by atoms with E-state index in [1.54, 1.807) is 12.1 Å². The number of halogens is 1. The molecule has 3 aromatic carbocycles. The van der Waals surface area contributed by atoms with Crippen molar-refractivity contribution in [3.63, 3.8) is 0 Å². The summed E-state index contributed by atoms with van der Waals surface area (Å²) in [7, 11) is 0. The van der Waals surface area contributed by atoms with Gasteiger partial charge in [-0.1, -0.05) is 30.3 Å². The lowest BCUT2D eigenvalue weighted by molar-refractivity contribution is -0.133. The van der Waals surface area contributed by atoms with Gasteiger partial charge in [0.15, 0.2) is 0 Å². The van der Waals surface area contributed by atoms with Crippen molar-refractivity contribution >= 4 is 56.6 Å². The van der Waals surface area contributed by atoms with Crippen molar-refractivity contribution in [2.24, 2.45) is 0 Å². The van der Waals surface area contributed by atoms with Crippen LogP contribution in [0.4, 0.5) is 11.4 Å². The molecule has 0 fully saturated rings. The molecule has 120 valence electrons. The minimum absolute atomic E-state index is 0.591. The number of carbonyl (C=O) groups excluding carboxylic acids is 2. The lowest BCUT2D eigenvalue weighted by Crippen LogP contribution is -2.29. The highest BCUT2D eigenvalue weighted by atomic mass is 127. The quantitative estimate of drug-likeness (QED) is 0.470. The monoisotopic (exact) mass is 430 g/mol. The largest absolute Gasteiger partial charge is 0.318 e. The molecule has 0 spiro atoms. The maximum atomic E-state index is 12.1. The predicted octanol–water partition coefficient (Wildman–Crippen LogP) is 4.33. The van der Waals surface area contributed by atoms with Crippen molar-refractivity contribution in [1.29, 1.82) is 0 Å². The van der Waals surface area contributed by atoms with E-state index in [9.17, 15) is 9.59 Å². The van der Waals surface area contributed by atoms with Crippen molar-refractivity contribution < 1.29 is 9.59 Å². The summed E-state index contributed by atoms with van der Waals surface area (Å²) in [4.78, 5) is 24.2. The van der Waals surface area contributed by atoms with E-state index in [-0.39, 0.29) is 0 Å². The van der Waals surface area contributed by atoms with Gasteiger partial charge in [0.05, 0.1) is 0 Å². The highest BCUT2D eigenvalue weighted by Gasteiger charge is 2.15. The molecule has 5 heteroatoms. The van der Waals surface area contributed by atoms with Crippen LogP contribution in [-0.2, 0) is 9.59 Å². The Kier molecular flexibility index (Phi) is 4.80. The van der Waals surface area contributed by atoms with E-state index >= 15 is 0 Å². The summed E-state index contributed by atoms with van der Waals surface area (Å²) in [6, 6.07) is 19.0. The van der Waals surface area contributed by atoms with E-state index in [1.807, 2.05) is 55.5 Å². The van der Waals surface area contributed by atoms with Gasteiger partial charge in [0.2, 0.25) is 0 Å². The van der Waals surface area contributed by atoms with Crippen LogP contribution in [0.5, 0.6) is 0 Å². The second-order valence-electron chi connectivity index (χ2n) is 5.43. The minimum atomic E-state index is -0.691. The number of rotatable bonds is 2. The van der Waals surface area contributed by atoms with Gasteiger partial charge in [-0.25, -0.2) is 0 Å². The minimum Gasteiger partial charge on any atom is -0.318 e. The van der Waals surface area contributed by atoms with Gasteiger partial charge in [-0.05, 0) is 76.2 Å². The smallest absolute Gasteiger partial charge is 0.314 e. The van der Waals surface area contributed by atoms with Crippen LogP contribution in [0.25, 0.3) is 10.8 Å². The average Bonchev–Trinajstić information content (AvgIpc) is 2.57. The predicted molar refractivity (Wildman–Crippen MR) is 105 cm³/mol. The molecule has 2 N–H and O–H groups in total. The molecule has 0 aliphatic rings. The van der Waals surface area contributed by atoms with Crippen LogP contribution < -0.4 is 10.6 Å². The third-order valence-corrected chi connectivity index (χ3v) is 4.32. The Bertz CT molecular complexity index is 938. The number of benzene rings is 3. The summed E-state index contributed by atoms with van der Waals surface area (Å²) < 4.78 is 1.07. The number of anilines is 2. The molecule has 24 heavy (non-hydrogen) atoms. The van der Waals surface area contributed by atoms with Crippen molar-refractivity contribution in [1.82, 2.24) is 0 Å². The van der Waals surface area contributed by atoms with Crippen molar-refractivity contribution in [2.45, 2.75) is 6.92 Å². The Labute approximate surface area is 153 Å². The van der Waals surface area contributed by atoms with E-state index in [1.165, 1.54) is 0 Å². The molecule has 0 radical (unpaired) electrons. The first-order valence-corrected chi connectivity index (χ1v) is 8.48. The summed E-state index contributed by atoms with van der Waals surface area (Å²) in [5.74, 6) is -1.38. The van der Waals surface area contributed by atoms with Gasteiger partial charge in [-0.15, -0.1) is 0 Å². The van der Waals surface area contributed by atoms with E-state index in [2.05, 4.69) is 33.2 Å². The van der Waals surface area contributed by atoms with E-state index in [0.29, 0.717) is 11.4 Å². The second-order valence-corrected chi connectivity index (χ2v) is 6.68. The Morgan fingerprint density at radius 1 is 0.833 bits per heavy atom. The summed E-state index contributed by atoms with van der Waals surface area (Å²) in [6.07, 6.45) is 0. The summed E-state index contributed by atoms with van der Waals surface area (Å²) in [5, 5.41) is 7.35. The maximum absolute atomic E-state index is 12.1. The van der Waals surface area contributed by atoms with Crippen molar-refractivity contribution in [3.8, 4) is 0 Å². The fraction of sp³-hybridized carbons (Fsp3) is 0.0526. The van der Waals surface area contributed by atoms with Gasteiger partial charge in [0, 0.05) is 14.9 Å². The number of fused-ring (bicyclic) bond motifs is 1. The van der Waals surface area contributed by atoms with E-state index < -0.39 is 11.8 Å². The molecule has 0 atom stereocenters. The molecule has 0 heterocycles.